The fourth-order valence-corrected chi connectivity index (χ4v) is 2.40. The average molecular weight is 317 g/mol. The summed E-state index contributed by atoms with van der Waals surface area (Å²) in [5, 5.41) is 18.7. The molecule has 0 unspecified atom stereocenters. The van der Waals surface area contributed by atoms with Gasteiger partial charge in [-0.3, -0.25) is 9.69 Å². The van der Waals surface area contributed by atoms with Crippen molar-refractivity contribution in [1.29, 1.82) is 0 Å². The number of carbonyl (C=O) groups excluding carboxylic acids is 1. The van der Waals surface area contributed by atoms with E-state index in [0.29, 0.717) is 11.5 Å². The minimum atomic E-state index is -0.598. The van der Waals surface area contributed by atoms with E-state index in [0.717, 1.165) is 11.3 Å². The fraction of sp³-hybridized carbons (Fsp3) is 0.412. The first-order valence-corrected chi connectivity index (χ1v) is 7.60. The van der Waals surface area contributed by atoms with Gasteiger partial charge >= 0.3 is 0 Å². The van der Waals surface area contributed by atoms with Gasteiger partial charge in [0, 0.05) is 26.2 Å². The van der Waals surface area contributed by atoms with Crippen LogP contribution in [0.4, 0.5) is 5.69 Å². The van der Waals surface area contributed by atoms with Gasteiger partial charge in [-0.2, -0.15) is 0 Å². The lowest BCUT2D eigenvalue weighted by Gasteiger charge is -2.17. The molecule has 1 amide bonds. The van der Waals surface area contributed by atoms with Gasteiger partial charge in [-0.1, -0.05) is 12.1 Å². The zero-order chi connectivity index (χ0) is 17.0. The molecule has 0 fully saturated rings. The number of nitrogens with zero attached hydrogens (tertiary/aromatic N) is 3. The Morgan fingerprint density at radius 1 is 1.39 bits per heavy atom. The van der Waals surface area contributed by atoms with Gasteiger partial charge in [0.25, 0.3) is 5.91 Å². The van der Waals surface area contributed by atoms with Crippen LogP contribution in [-0.4, -0.2) is 60.2 Å². The lowest BCUT2D eigenvalue weighted by Crippen LogP contribution is -2.36. The van der Waals surface area contributed by atoms with E-state index in [2.05, 4.69) is 4.99 Å². The van der Waals surface area contributed by atoms with Crippen LogP contribution in [0, 0.1) is 0 Å². The molecular formula is C17H23N3O3. The maximum atomic E-state index is 12.5. The van der Waals surface area contributed by atoms with Crippen molar-refractivity contribution in [2.45, 2.75) is 19.4 Å². The Bertz CT molecular complexity index is 636. The molecular weight excluding hydrogens is 294 g/mol. The third kappa shape index (κ3) is 4.18. The molecule has 0 aromatic heterocycles. The number of hydrogen-bond donors (Lipinski definition) is 2. The highest BCUT2D eigenvalue weighted by molar-refractivity contribution is 6.14. The first-order valence-electron chi connectivity index (χ1n) is 7.60. The van der Waals surface area contributed by atoms with Crippen LogP contribution in [0.3, 0.4) is 0 Å². The molecule has 1 atom stereocenters. The lowest BCUT2D eigenvalue weighted by atomic mass is 10.1. The Morgan fingerprint density at radius 3 is 2.74 bits per heavy atom. The predicted octanol–water partition coefficient (Wildman–Crippen LogP) is 1.10. The van der Waals surface area contributed by atoms with Crippen LogP contribution >= 0.6 is 0 Å². The summed E-state index contributed by atoms with van der Waals surface area (Å²) in [6.07, 6.45) is 1.41. The molecule has 1 aromatic rings. The SMILES string of the molecule is C[C@@H](O)CC1=N/C(=C\c2cccc(N(C)C)c2)C(=O)N1CCO. The van der Waals surface area contributed by atoms with E-state index in [1.165, 1.54) is 4.90 Å². The number of amidine groups is 1. The zero-order valence-electron chi connectivity index (χ0n) is 13.7. The van der Waals surface area contributed by atoms with Crippen LogP contribution in [0.2, 0.25) is 0 Å². The van der Waals surface area contributed by atoms with Crippen molar-refractivity contribution < 1.29 is 15.0 Å². The van der Waals surface area contributed by atoms with Crippen LogP contribution in [0.5, 0.6) is 0 Å². The Labute approximate surface area is 136 Å². The number of benzene rings is 1. The summed E-state index contributed by atoms with van der Waals surface area (Å²) >= 11 is 0. The number of rotatable bonds is 6. The van der Waals surface area contributed by atoms with Crippen LogP contribution in [0.25, 0.3) is 6.08 Å². The van der Waals surface area contributed by atoms with Crippen molar-refractivity contribution in [3.8, 4) is 0 Å². The maximum Gasteiger partial charge on any atom is 0.277 e. The van der Waals surface area contributed by atoms with Crippen LogP contribution in [-0.2, 0) is 4.79 Å². The third-order valence-electron chi connectivity index (χ3n) is 3.52. The van der Waals surface area contributed by atoms with Crippen LogP contribution in [0.15, 0.2) is 35.0 Å². The van der Waals surface area contributed by atoms with Crippen molar-refractivity contribution in [3.63, 3.8) is 0 Å². The number of β-amino-alcohol motifs (C(OH)–C–C–N with tert-alkyl or cyclic N) is 1. The zero-order valence-corrected chi connectivity index (χ0v) is 13.7. The minimum absolute atomic E-state index is 0.145. The molecule has 0 spiro atoms. The molecule has 6 nitrogen and oxygen atoms in total. The van der Waals surface area contributed by atoms with Gasteiger partial charge < -0.3 is 15.1 Å². The van der Waals surface area contributed by atoms with Gasteiger partial charge in [0.1, 0.15) is 11.5 Å². The topological polar surface area (TPSA) is 76.4 Å². The maximum absolute atomic E-state index is 12.5. The summed E-state index contributed by atoms with van der Waals surface area (Å²) in [6.45, 7) is 1.68. The highest BCUT2D eigenvalue weighted by Crippen LogP contribution is 2.22. The van der Waals surface area contributed by atoms with Crippen LogP contribution < -0.4 is 4.90 Å². The van der Waals surface area contributed by atoms with E-state index in [-0.39, 0.29) is 25.5 Å². The van der Waals surface area contributed by atoms with Gasteiger partial charge in [0.05, 0.1) is 19.3 Å². The molecule has 1 aliphatic heterocycles. The highest BCUT2D eigenvalue weighted by Gasteiger charge is 2.30. The third-order valence-corrected chi connectivity index (χ3v) is 3.52. The first kappa shape index (κ1) is 17.2. The van der Waals surface area contributed by atoms with Gasteiger partial charge in [0.15, 0.2) is 0 Å². The van der Waals surface area contributed by atoms with E-state index in [1.54, 1.807) is 13.0 Å². The molecule has 0 radical (unpaired) electrons. The average Bonchev–Trinajstić information content (AvgIpc) is 2.76. The summed E-state index contributed by atoms with van der Waals surface area (Å²) in [5.41, 5.74) is 2.24. The lowest BCUT2D eigenvalue weighted by molar-refractivity contribution is -0.123. The molecule has 23 heavy (non-hydrogen) atoms. The molecule has 1 heterocycles. The first-order chi connectivity index (χ1) is 10.9. The van der Waals surface area contributed by atoms with Gasteiger partial charge in [-0.25, -0.2) is 4.99 Å². The number of aliphatic imine (C=N–C) groups is 1. The van der Waals surface area contributed by atoms with Crippen molar-refractivity contribution >= 4 is 23.5 Å². The number of amides is 1. The second-order valence-electron chi connectivity index (χ2n) is 5.78. The van der Waals surface area contributed by atoms with E-state index in [1.807, 2.05) is 43.3 Å². The van der Waals surface area contributed by atoms with E-state index >= 15 is 0 Å². The molecule has 0 aliphatic carbocycles. The summed E-state index contributed by atoms with van der Waals surface area (Å²) in [5.74, 6) is 0.249. The van der Waals surface area contributed by atoms with Crippen molar-refractivity contribution in [2.75, 3.05) is 32.1 Å². The highest BCUT2D eigenvalue weighted by atomic mass is 16.3. The molecule has 6 heteroatoms. The predicted molar refractivity (Wildman–Crippen MR) is 91.3 cm³/mol. The largest absolute Gasteiger partial charge is 0.395 e. The number of anilines is 1. The molecule has 2 N–H and O–H groups in total. The van der Waals surface area contributed by atoms with Gasteiger partial charge in [0.2, 0.25) is 0 Å². The Hall–Kier alpha value is -2.18. The summed E-state index contributed by atoms with van der Waals surface area (Å²) in [6, 6.07) is 7.79. The Morgan fingerprint density at radius 2 is 2.13 bits per heavy atom. The fourth-order valence-electron chi connectivity index (χ4n) is 2.40. The molecule has 0 bridgehead atoms. The smallest absolute Gasteiger partial charge is 0.277 e. The second kappa shape index (κ2) is 7.39. The Balaban J connectivity index is 2.32. The quantitative estimate of drug-likeness (QED) is 0.770. The number of carbonyl (C=O) groups is 1. The van der Waals surface area contributed by atoms with Crippen molar-refractivity contribution in [2.24, 2.45) is 4.99 Å². The van der Waals surface area contributed by atoms with E-state index in [4.69, 9.17) is 5.11 Å². The monoisotopic (exact) mass is 317 g/mol. The number of hydrogen-bond acceptors (Lipinski definition) is 5. The van der Waals surface area contributed by atoms with E-state index in [9.17, 15) is 9.90 Å². The minimum Gasteiger partial charge on any atom is -0.395 e. The second-order valence-corrected chi connectivity index (χ2v) is 5.78. The van der Waals surface area contributed by atoms with E-state index < -0.39 is 6.10 Å². The molecule has 124 valence electrons. The van der Waals surface area contributed by atoms with Crippen LogP contribution in [0.1, 0.15) is 18.9 Å². The standard InChI is InChI=1S/C17H23N3O3/c1-12(22)9-16-18-15(17(23)20(16)7-8-21)11-13-5-4-6-14(10-13)19(2)3/h4-6,10-12,21-22H,7-9H2,1-3H3/b15-11-/t12-/m1/s1. The molecule has 1 aliphatic rings. The summed E-state index contributed by atoms with van der Waals surface area (Å²) in [7, 11) is 3.91. The van der Waals surface area contributed by atoms with Crippen molar-refractivity contribution in [1.82, 2.24) is 4.90 Å². The number of aliphatic hydroxyl groups is 2. The molecule has 1 aromatic carbocycles. The van der Waals surface area contributed by atoms with Gasteiger partial charge in [-0.15, -0.1) is 0 Å². The number of aliphatic hydroxyl groups excluding tert-OH is 2. The molecule has 2 rings (SSSR count). The molecule has 0 saturated carbocycles. The molecule has 0 saturated heterocycles. The van der Waals surface area contributed by atoms with Gasteiger partial charge in [-0.05, 0) is 30.7 Å². The summed E-state index contributed by atoms with van der Waals surface area (Å²) < 4.78 is 0. The summed E-state index contributed by atoms with van der Waals surface area (Å²) in [4.78, 5) is 20.2. The normalized spacial score (nSPS) is 17.6. The van der Waals surface area contributed by atoms with Crippen molar-refractivity contribution in [3.05, 3.63) is 35.5 Å². The Kier molecular flexibility index (Phi) is 5.52.